The highest BCUT2D eigenvalue weighted by atomic mass is 19.4. The number of aromatic nitrogens is 4. The number of hydrogen-bond donors (Lipinski definition) is 6. The number of carbonyl (C=O) groups is 3. The third-order valence-electron chi connectivity index (χ3n) is 10.6. The van der Waals surface area contributed by atoms with Crippen molar-refractivity contribution in [3.63, 3.8) is 0 Å². The lowest BCUT2D eigenvalue weighted by Crippen LogP contribution is -2.47. The van der Waals surface area contributed by atoms with E-state index >= 15 is 0 Å². The van der Waals surface area contributed by atoms with Gasteiger partial charge in [0.05, 0.1) is 18.4 Å². The van der Waals surface area contributed by atoms with Crippen molar-refractivity contribution in [2.75, 3.05) is 42.9 Å². The van der Waals surface area contributed by atoms with Crippen molar-refractivity contribution in [2.45, 2.75) is 81.1 Å². The molecule has 56 heavy (non-hydrogen) atoms. The van der Waals surface area contributed by atoms with E-state index < -0.39 is 42.3 Å². The van der Waals surface area contributed by atoms with Crippen LogP contribution in [0.1, 0.15) is 55.7 Å². The Hall–Kier alpha value is -5.49. The van der Waals surface area contributed by atoms with Gasteiger partial charge in [0, 0.05) is 50.6 Å². The van der Waals surface area contributed by atoms with Crippen LogP contribution >= 0.6 is 0 Å². The molecule has 298 valence electrons. The molecule has 4 aromatic rings. The first-order valence-electron chi connectivity index (χ1n) is 18.8. The van der Waals surface area contributed by atoms with Gasteiger partial charge in [-0.1, -0.05) is 67.6 Å². The number of urea groups is 1. The van der Waals surface area contributed by atoms with Crippen molar-refractivity contribution in [2.24, 2.45) is 0 Å². The summed E-state index contributed by atoms with van der Waals surface area (Å²) in [6.45, 7) is 4.40. The van der Waals surface area contributed by atoms with E-state index in [1.807, 2.05) is 65.6 Å². The molecule has 2 aromatic carbocycles. The van der Waals surface area contributed by atoms with E-state index in [1.165, 1.54) is 10.9 Å². The first-order chi connectivity index (χ1) is 27.0. The van der Waals surface area contributed by atoms with E-state index in [0.717, 1.165) is 24.1 Å². The Bertz CT molecular complexity index is 1960. The van der Waals surface area contributed by atoms with Gasteiger partial charge in [0.25, 0.3) is 0 Å². The fourth-order valence-corrected chi connectivity index (χ4v) is 7.71. The number of imidazole rings is 1. The Balaban J connectivity index is 1.23. The molecule has 0 bridgehead atoms. The number of ether oxygens (including phenoxy) is 1. The molecule has 7 rings (SSSR count). The summed E-state index contributed by atoms with van der Waals surface area (Å²) in [7, 11) is 0. The number of benzene rings is 2. The standard InChI is InChI=1S/C38H45F3N10O5/c1-2-29(52)47-27-17-28(32(31(27)53)56-35(54)38(39,40)41)51-21-44-30-33(43-19-26(22-9-5-3-6-10-22)23-11-7-4-8-12-23)48-36(49-34(30)51)50-16-14-25(20-50)46-37(55)45-24-13-15-42-18-24/h3-12,21,24-28,31-32,42,53H,2,13-20H2,1H3,(H,47,52)(H,43,48,49)(H2,45,46,55)/t24-,25-,27+,28-,31-,32+/m1/s1. The number of rotatable bonds is 12. The lowest BCUT2D eigenvalue weighted by Gasteiger charge is -2.25. The van der Waals surface area contributed by atoms with Gasteiger partial charge in [0.2, 0.25) is 11.9 Å². The van der Waals surface area contributed by atoms with E-state index in [-0.39, 0.29) is 48.5 Å². The molecule has 3 fully saturated rings. The summed E-state index contributed by atoms with van der Waals surface area (Å²) in [6.07, 6.45) is -5.88. The number of amides is 3. The number of aliphatic hydroxyl groups excluding tert-OH is 1. The molecule has 6 N–H and O–H groups in total. The number of esters is 1. The van der Waals surface area contributed by atoms with Gasteiger partial charge in [0.15, 0.2) is 23.1 Å². The minimum atomic E-state index is -5.32. The molecule has 18 heteroatoms. The molecule has 0 radical (unpaired) electrons. The molecule has 6 atom stereocenters. The van der Waals surface area contributed by atoms with Crippen LogP contribution in [0.3, 0.4) is 0 Å². The molecule has 4 heterocycles. The fourth-order valence-electron chi connectivity index (χ4n) is 7.71. The maximum absolute atomic E-state index is 13.5. The molecule has 1 aliphatic carbocycles. The second-order valence-electron chi connectivity index (χ2n) is 14.4. The predicted octanol–water partition coefficient (Wildman–Crippen LogP) is 2.98. The summed E-state index contributed by atoms with van der Waals surface area (Å²) in [6, 6.07) is 17.3. The first kappa shape index (κ1) is 38.8. The van der Waals surface area contributed by atoms with Gasteiger partial charge in [-0.25, -0.2) is 14.6 Å². The second kappa shape index (κ2) is 16.7. The molecular formula is C38H45F3N10O5. The summed E-state index contributed by atoms with van der Waals surface area (Å²) < 4.78 is 46.9. The average Bonchev–Trinajstić information content (AvgIpc) is 4.01. The van der Waals surface area contributed by atoms with Gasteiger partial charge in [-0.15, -0.1) is 0 Å². The summed E-state index contributed by atoms with van der Waals surface area (Å²) in [5, 5.41) is 26.6. The number of carbonyl (C=O) groups excluding carboxylic acids is 3. The van der Waals surface area contributed by atoms with Crippen molar-refractivity contribution in [1.29, 1.82) is 0 Å². The van der Waals surface area contributed by atoms with Gasteiger partial charge in [-0.05, 0) is 36.9 Å². The summed E-state index contributed by atoms with van der Waals surface area (Å²) in [4.78, 5) is 53.6. The molecule has 0 spiro atoms. The zero-order chi connectivity index (χ0) is 39.4. The molecule has 2 aliphatic heterocycles. The quantitative estimate of drug-likeness (QED) is 0.116. The number of hydrogen-bond acceptors (Lipinski definition) is 11. The zero-order valence-electron chi connectivity index (χ0n) is 30.7. The van der Waals surface area contributed by atoms with Crippen LogP contribution in [0.25, 0.3) is 11.2 Å². The van der Waals surface area contributed by atoms with Crippen LogP contribution in [0.5, 0.6) is 0 Å². The van der Waals surface area contributed by atoms with Crippen molar-refractivity contribution >= 4 is 40.8 Å². The van der Waals surface area contributed by atoms with Crippen LogP contribution < -0.4 is 31.5 Å². The van der Waals surface area contributed by atoms with E-state index in [9.17, 15) is 32.7 Å². The molecule has 2 aromatic heterocycles. The van der Waals surface area contributed by atoms with Crippen LogP contribution in [0.2, 0.25) is 0 Å². The van der Waals surface area contributed by atoms with Gasteiger partial charge >= 0.3 is 18.2 Å². The topological polar surface area (TPSA) is 188 Å². The van der Waals surface area contributed by atoms with Crippen LogP contribution in [0, 0.1) is 0 Å². The Morgan fingerprint density at radius 3 is 2.32 bits per heavy atom. The van der Waals surface area contributed by atoms with Gasteiger partial charge in [0.1, 0.15) is 6.10 Å². The van der Waals surface area contributed by atoms with Crippen molar-refractivity contribution in [3.05, 3.63) is 78.1 Å². The lowest BCUT2D eigenvalue weighted by molar-refractivity contribution is -0.209. The fraction of sp³-hybridized carbons (Fsp3) is 0.474. The number of fused-ring (bicyclic) bond motifs is 1. The van der Waals surface area contributed by atoms with Crippen LogP contribution in [0.15, 0.2) is 67.0 Å². The number of halogens is 3. The highest BCUT2D eigenvalue weighted by Gasteiger charge is 2.51. The Morgan fingerprint density at radius 2 is 1.68 bits per heavy atom. The minimum absolute atomic E-state index is 0.0472. The molecule has 15 nitrogen and oxygen atoms in total. The summed E-state index contributed by atoms with van der Waals surface area (Å²) in [5.41, 5.74) is 2.61. The third-order valence-corrected chi connectivity index (χ3v) is 10.6. The highest BCUT2D eigenvalue weighted by Crippen LogP contribution is 2.38. The molecular weight excluding hydrogens is 733 g/mol. The van der Waals surface area contributed by atoms with Crippen molar-refractivity contribution in [3.8, 4) is 0 Å². The average molecular weight is 779 g/mol. The third kappa shape index (κ3) is 8.65. The second-order valence-corrected chi connectivity index (χ2v) is 14.4. The Kier molecular flexibility index (Phi) is 11.6. The van der Waals surface area contributed by atoms with E-state index in [1.54, 1.807) is 6.92 Å². The number of anilines is 2. The van der Waals surface area contributed by atoms with Crippen LogP contribution in [-0.2, 0) is 14.3 Å². The Morgan fingerprint density at radius 1 is 0.982 bits per heavy atom. The molecule has 2 saturated heterocycles. The maximum atomic E-state index is 13.5. The normalized spacial score (nSPS) is 23.7. The predicted molar refractivity (Wildman–Crippen MR) is 200 cm³/mol. The van der Waals surface area contributed by atoms with Gasteiger partial charge < -0.3 is 45.9 Å². The van der Waals surface area contributed by atoms with E-state index in [2.05, 4.69) is 31.6 Å². The highest BCUT2D eigenvalue weighted by molar-refractivity contribution is 5.85. The smallest absolute Gasteiger partial charge is 0.451 e. The number of nitrogens with zero attached hydrogens (tertiary/aromatic N) is 5. The van der Waals surface area contributed by atoms with Crippen LogP contribution in [0.4, 0.5) is 29.7 Å². The summed E-state index contributed by atoms with van der Waals surface area (Å²) in [5.74, 6) is -2.38. The number of aliphatic hydroxyl groups is 1. The van der Waals surface area contributed by atoms with Crippen molar-refractivity contribution in [1.82, 2.24) is 40.8 Å². The van der Waals surface area contributed by atoms with E-state index in [0.29, 0.717) is 43.9 Å². The number of alkyl halides is 3. The molecule has 3 amide bonds. The van der Waals surface area contributed by atoms with Gasteiger partial charge in [-0.2, -0.15) is 23.1 Å². The zero-order valence-corrected chi connectivity index (χ0v) is 30.7. The lowest BCUT2D eigenvalue weighted by atomic mass is 9.91. The van der Waals surface area contributed by atoms with Crippen molar-refractivity contribution < 1.29 is 37.4 Å². The molecule has 1 saturated carbocycles. The monoisotopic (exact) mass is 778 g/mol. The van der Waals surface area contributed by atoms with E-state index in [4.69, 9.17) is 14.7 Å². The number of nitrogens with one attached hydrogen (secondary N) is 5. The molecule has 0 unspecified atom stereocenters. The summed E-state index contributed by atoms with van der Waals surface area (Å²) >= 11 is 0. The SMILES string of the molecule is CCC(=O)N[C@H]1C[C@@H](n2cnc3c(NCC(c4ccccc4)c4ccccc4)nc(N4CC[C@@H](NC(=O)N[C@@H]5CCNC5)C4)nc32)[C@H](OC(=O)C(F)(F)F)[C@@H]1O. The minimum Gasteiger partial charge on any atom is -0.451 e. The Labute approximate surface area is 320 Å². The largest absolute Gasteiger partial charge is 0.490 e. The molecule has 3 aliphatic rings. The first-order valence-corrected chi connectivity index (χ1v) is 18.8. The van der Waals surface area contributed by atoms with Crippen LogP contribution in [-0.4, -0.2) is 112 Å². The maximum Gasteiger partial charge on any atom is 0.490 e. The van der Waals surface area contributed by atoms with Gasteiger partial charge in [-0.3, -0.25) is 4.79 Å².